The van der Waals surface area contributed by atoms with E-state index in [9.17, 15) is 23.1 Å². The maximum atomic E-state index is 12.0. The molecule has 0 aliphatic rings. The molecular weight excluding hydrogens is 259 g/mol. The van der Waals surface area contributed by atoms with Gasteiger partial charge in [0, 0.05) is 6.07 Å². The summed E-state index contributed by atoms with van der Waals surface area (Å²) in [5.41, 5.74) is -0.485. The summed E-state index contributed by atoms with van der Waals surface area (Å²) in [7, 11) is 1.09. The van der Waals surface area contributed by atoms with Gasteiger partial charge in [-0.2, -0.15) is 0 Å². The molecule has 0 saturated carbocycles. The van der Waals surface area contributed by atoms with Crippen LogP contribution in [-0.2, 0) is 11.2 Å². The van der Waals surface area contributed by atoms with Crippen molar-refractivity contribution >= 4 is 5.97 Å². The Morgan fingerprint density at radius 2 is 2.11 bits per heavy atom. The predicted molar refractivity (Wildman–Crippen MR) is 50.5 cm³/mol. The molecule has 1 rings (SSSR count). The van der Waals surface area contributed by atoms with Crippen LogP contribution in [0, 0.1) is 0 Å². The van der Waals surface area contributed by atoms with Crippen molar-refractivity contribution in [1.29, 1.82) is 0 Å². The molecule has 0 atom stereocenters. The van der Waals surface area contributed by atoms with Crippen molar-refractivity contribution in [2.24, 2.45) is 0 Å². The van der Waals surface area contributed by atoms with E-state index in [-0.39, 0.29) is 5.75 Å². The van der Waals surface area contributed by atoms with E-state index in [4.69, 9.17) is 5.11 Å². The SMILES string of the molecule is COc1cc(OC(F)(F)F)nc(CC(=O)O)c1O. The van der Waals surface area contributed by atoms with Gasteiger partial charge in [0.05, 0.1) is 13.5 Å². The number of carboxylic acids is 1. The van der Waals surface area contributed by atoms with Crippen LogP contribution < -0.4 is 9.47 Å². The Morgan fingerprint density at radius 1 is 1.50 bits per heavy atom. The number of carbonyl (C=O) groups is 1. The quantitative estimate of drug-likeness (QED) is 0.855. The standard InChI is InChI=1S/C9H8F3NO5/c1-17-5-3-6(18-9(10,11)12)13-4(8(5)16)2-7(14)15/h3,16H,2H2,1H3,(H,14,15). The summed E-state index contributed by atoms with van der Waals surface area (Å²) >= 11 is 0. The minimum atomic E-state index is -4.98. The van der Waals surface area contributed by atoms with Gasteiger partial charge in [-0.15, -0.1) is 13.2 Å². The Kier molecular flexibility index (Phi) is 3.84. The Morgan fingerprint density at radius 3 is 2.56 bits per heavy atom. The molecule has 2 N–H and O–H groups in total. The molecule has 0 radical (unpaired) electrons. The second kappa shape index (κ2) is 4.98. The summed E-state index contributed by atoms with van der Waals surface area (Å²) in [6.45, 7) is 0. The molecule has 18 heavy (non-hydrogen) atoms. The van der Waals surface area contributed by atoms with Crippen molar-refractivity contribution < 1.29 is 37.7 Å². The number of hydrogen-bond donors (Lipinski definition) is 2. The Hall–Kier alpha value is -2.19. The summed E-state index contributed by atoms with van der Waals surface area (Å²) in [5, 5.41) is 18.0. The number of aromatic nitrogens is 1. The highest BCUT2D eigenvalue weighted by atomic mass is 19.4. The van der Waals surface area contributed by atoms with Gasteiger partial charge in [-0.05, 0) is 0 Å². The van der Waals surface area contributed by atoms with Crippen LogP contribution in [0.1, 0.15) is 5.69 Å². The summed E-state index contributed by atoms with van der Waals surface area (Å²) in [5.74, 6) is -3.28. The molecule has 0 saturated heterocycles. The number of aliphatic carboxylic acids is 1. The summed E-state index contributed by atoms with van der Waals surface area (Å²) in [6, 6.07) is 0.703. The lowest BCUT2D eigenvalue weighted by Crippen LogP contribution is -2.18. The van der Waals surface area contributed by atoms with Crippen LogP contribution in [-0.4, -0.2) is 34.6 Å². The molecule has 0 amide bonds. The van der Waals surface area contributed by atoms with E-state index in [1.807, 2.05) is 0 Å². The molecular formula is C9H8F3NO5. The number of carboxylic acid groups (broad SMARTS) is 1. The van der Waals surface area contributed by atoms with Crippen molar-refractivity contribution in [3.63, 3.8) is 0 Å². The Labute approximate surface area is 98.6 Å². The molecule has 1 aromatic rings. The fourth-order valence-corrected chi connectivity index (χ4v) is 1.13. The van der Waals surface area contributed by atoms with E-state index in [1.165, 1.54) is 0 Å². The highest BCUT2D eigenvalue weighted by Gasteiger charge is 2.32. The first-order valence-electron chi connectivity index (χ1n) is 4.47. The lowest BCUT2D eigenvalue weighted by Gasteiger charge is -2.12. The number of hydrogen-bond acceptors (Lipinski definition) is 5. The Bertz CT molecular complexity index is 460. The van der Waals surface area contributed by atoms with Crippen LogP contribution >= 0.6 is 0 Å². The zero-order valence-corrected chi connectivity index (χ0v) is 8.98. The van der Waals surface area contributed by atoms with Crippen LogP contribution in [0.25, 0.3) is 0 Å². The second-order valence-electron chi connectivity index (χ2n) is 3.08. The molecule has 0 aliphatic heterocycles. The average Bonchev–Trinajstić information content (AvgIpc) is 2.19. The van der Waals surface area contributed by atoms with Gasteiger partial charge in [0.2, 0.25) is 5.88 Å². The second-order valence-corrected chi connectivity index (χ2v) is 3.08. The van der Waals surface area contributed by atoms with Gasteiger partial charge in [-0.25, -0.2) is 4.98 Å². The molecule has 0 aromatic carbocycles. The monoisotopic (exact) mass is 267 g/mol. The van der Waals surface area contributed by atoms with E-state index < -0.39 is 36.1 Å². The third-order valence-electron chi connectivity index (χ3n) is 1.77. The number of alkyl halides is 3. The van der Waals surface area contributed by atoms with Crippen molar-refractivity contribution in [3.05, 3.63) is 11.8 Å². The molecule has 9 heteroatoms. The fourth-order valence-electron chi connectivity index (χ4n) is 1.13. The fraction of sp³-hybridized carbons (Fsp3) is 0.333. The summed E-state index contributed by atoms with van der Waals surface area (Å²) in [6.07, 6.45) is -5.74. The van der Waals surface area contributed by atoms with Gasteiger partial charge < -0.3 is 19.7 Å². The molecule has 6 nitrogen and oxygen atoms in total. The molecule has 0 aliphatic carbocycles. The lowest BCUT2D eigenvalue weighted by atomic mass is 10.2. The minimum absolute atomic E-state index is 0.361. The number of rotatable bonds is 4. The highest BCUT2D eigenvalue weighted by molar-refractivity contribution is 5.71. The first-order chi connectivity index (χ1) is 8.23. The maximum absolute atomic E-state index is 12.0. The van der Waals surface area contributed by atoms with Crippen LogP contribution in [0.5, 0.6) is 17.4 Å². The first kappa shape index (κ1) is 13.9. The smallest absolute Gasteiger partial charge is 0.503 e. The molecule has 1 heterocycles. The number of nitrogens with zero attached hydrogens (tertiary/aromatic N) is 1. The molecule has 0 spiro atoms. The third-order valence-corrected chi connectivity index (χ3v) is 1.77. The number of pyridine rings is 1. The number of halogens is 3. The van der Waals surface area contributed by atoms with Crippen molar-refractivity contribution in [3.8, 4) is 17.4 Å². The van der Waals surface area contributed by atoms with Gasteiger partial charge in [0.15, 0.2) is 11.5 Å². The van der Waals surface area contributed by atoms with Crippen LogP contribution in [0.3, 0.4) is 0 Å². The molecule has 0 unspecified atom stereocenters. The molecule has 0 fully saturated rings. The number of ether oxygens (including phenoxy) is 2. The highest BCUT2D eigenvalue weighted by Crippen LogP contribution is 2.34. The van der Waals surface area contributed by atoms with Crippen LogP contribution in [0.4, 0.5) is 13.2 Å². The predicted octanol–water partition coefficient (Wildman–Crippen LogP) is 1.32. The van der Waals surface area contributed by atoms with E-state index in [0.717, 1.165) is 7.11 Å². The normalized spacial score (nSPS) is 11.1. The van der Waals surface area contributed by atoms with Gasteiger partial charge in [0.25, 0.3) is 0 Å². The van der Waals surface area contributed by atoms with Gasteiger partial charge >= 0.3 is 12.3 Å². The largest absolute Gasteiger partial charge is 0.574 e. The van der Waals surface area contributed by atoms with Crippen molar-refractivity contribution in [2.45, 2.75) is 12.8 Å². The van der Waals surface area contributed by atoms with Crippen molar-refractivity contribution in [2.75, 3.05) is 7.11 Å². The van der Waals surface area contributed by atoms with E-state index in [1.54, 1.807) is 0 Å². The topological polar surface area (TPSA) is 88.9 Å². The number of aromatic hydroxyl groups is 1. The zero-order chi connectivity index (χ0) is 13.9. The third kappa shape index (κ3) is 3.68. The van der Waals surface area contributed by atoms with E-state index in [2.05, 4.69) is 14.5 Å². The van der Waals surface area contributed by atoms with Crippen molar-refractivity contribution in [1.82, 2.24) is 4.98 Å². The minimum Gasteiger partial charge on any atom is -0.503 e. The van der Waals surface area contributed by atoms with Gasteiger partial charge in [-0.1, -0.05) is 0 Å². The summed E-state index contributed by atoms with van der Waals surface area (Å²) in [4.78, 5) is 13.7. The average molecular weight is 267 g/mol. The van der Waals surface area contributed by atoms with Gasteiger partial charge in [0.1, 0.15) is 5.69 Å². The first-order valence-corrected chi connectivity index (χ1v) is 4.47. The number of methoxy groups -OCH3 is 1. The molecule has 1 aromatic heterocycles. The Balaban J connectivity index is 3.17. The molecule has 100 valence electrons. The van der Waals surface area contributed by atoms with Crippen LogP contribution in [0.15, 0.2) is 6.07 Å². The lowest BCUT2D eigenvalue weighted by molar-refractivity contribution is -0.276. The molecule has 0 bridgehead atoms. The maximum Gasteiger partial charge on any atom is 0.574 e. The van der Waals surface area contributed by atoms with Gasteiger partial charge in [-0.3, -0.25) is 4.79 Å². The van der Waals surface area contributed by atoms with Crippen LogP contribution in [0.2, 0.25) is 0 Å². The zero-order valence-electron chi connectivity index (χ0n) is 8.98. The van der Waals surface area contributed by atoms with E-state index >= 15 is 0 Å². The van der Waals surface area contributed by atoms with E-state index in [0.29, 0.717) is 6.07 Å². The summed E-state index contributed by atoms with van der Waals surface area (Å²) < 4.78 is 44.1.